The number of benzene rings is 2. The zero-order valence-corrected chi connectivity index (χ0v) is 14.3. The lowest BCUT2D eigenvalue weighted by Crippen LogP contribution is -2.25. The van der Waals surface area contributed by atoms with Crippen molar-refractivity contribution in [1.29, 1.82) is 0 Å². The van der Waals surface area contributed by atoms with E-state index >= 15 is 0 Å². The molecule has 1 aliphatic rings. The normalized spacial score (nSPS) is 13.1. The van der Waals surface area contributed by atoms with Crippen molar-refractivity contribution in [3.8, 4) is 0 Å². The number of carbonyl (C=O) groups is 2. The van der Waals surface area contributed by atoms with Crippen LogP contribution in [0.4, 0.5) is 11.4 Å². The fourth-order valence-corrected chi connectivity index (χ4v) is 3.02. The molecule has 0 bridgehead atoms. The number of nitrogens with zero attached hydrogens (tertiary/aromatic N) is 1. The van der Waals surface area contributed by atoms with Crippen molar-refractivity contribution < 1.29 is 9.59 Å². The summed E-state index contributed by atoms with van der Waals surface area (Å²) in [6.07, 6.45) is 0.791. The van der Waals surface area contributed by atoms with Crippen LogP contribution < -0.4 is 10.2 Å². The molecule has 4 heteroatoms. The molecule has 0 spiro atoms. The fraction of sp³-hybridized carbons (Fsp3) is 0.300. The molecule has 24 heavy (non-hydrogen) atoms. The van der Waals surface area contributed by atoms with E-state index in [2.05, 4.69) is 19.2 Å². The summed E-state index contributed by atoms with van der Waals surface area (Å²) in [5.41, 5.74) is 4.62. The van der Waals surface area contributed by atoms with Gasteiger partial charge < -0.3 is 10.2 Å². The highest BCUT2D eigenvalue weighted by atomic mass is 16.2. The van der Waals surface area contributed by atoms with Gasteiger partial charge in [-0.05, 0) is 53.8 Å². The van der Waals surface area contributed by atoms with Gasteiger partial charge in [0.2, 0.25) is 5.91 Å². The molecule has 0 radical (unpaired) electrons. The van der Waals surface area contributed by atoms with Gasteiger partial charge in [0.05, 0.1) is 0 Å². The monoisotopic (exact) mass is 322 g/mol. The Balaban J connectivity index is 1.75. The van der Waals surface area contributed by atoms with E-state index in [4.69, 9.17) is 0 Å². The maximum atomic E-state index is 12.5. The van der Waals surface area contributed by atoms with Crippen LogP contribution in [0.3, 0.4) is 0 Å². The lowest BCUT2D eigenvalue weighted by molar-refractivity contribution is -0.116. The predicted octanol–water partition coefficient (Wildman–Crippen LogP) is 3.97. The maximum absolute atomic E-state index is 12.5. The molecule has 2 amide bonds. The van der Waals surface area contributed by atoms with E-state index in [1.165, 1.54) is 5.56 Å². The van der Waals surface area contributed by atoms with E-state index in [0.29, 0.717) is 18.0 Å². The molecule has 0 fully saturated rings. The van der Waals surface area contributed by atoms with E-state index < -0.39 is 0 Å². The molecular formula is C20H22N2O2. The number of anilines is 2. The fourth-order valence-electron chi connectivity index (χ4n) is 3.02. The minimum Gasteiger partial charge on any atom is -0.322 e. The molecule has 0 unspecified atom stereocenters. The highest BCUT2D eigenvalue weighted by molar-refractivity contribution is 6.05. The second-order valence-corrected chi connectivity index (χ2v) is 6.49. The van der Waals surface area contributed by atoms with E-state index in [0.717, 1.165) is 23.4 Å². The van der Waals surface area contributed by atoms with E-state index in [1.54, 1.807) is 17.9 Å². The van der Waals surface area contributed by atoms with Gasteiger partial charge in [-0.15, -0.1) is 0 Å². The third-order valence-electron chi connectivity index (χ3n) is 4.45. The van der Waals surface area contributed by atoms with Gasteiger partial charge >= 0.3 is 0 Å². The van der Waals surface area contributed by atoms with Crippen molar-refractivity contribution >= 4 is 23.2 Å². The van der Waals surface area contributed by atoms with Gasteiger partial charge in [-0.25, -0.2) is 0 Å². The molecule has 0 aromatic heterocycles. The van der Waals surface area contributed by atoms with Crippen LogP contribution in [-0.2, 0) is 11.2 Å². The third-order valence-corrected chi connectivity index (χ3v) is 4.45. The minimum atomic E-state index is -0.128. The van der Waals surface area contributed by atoms with Gasteiger partial charge in [0, 0.05) is 30.4 Å². The summed E-state index contributed by atoms with van der Waals surface area (Å²) in [7, 11) is 0. The van der Waals surface area contributed by atoms with Crippen molar-refractivity contribution in [2.75, 3.05) is 16.8 Å². The molecule has 0 atom stereocenters. The Morgan fingerprint density at radius 1 is 1.08 bits per heavy atom. The molecule has 4 nitrogen and oxygen atoms in total. The molecule has 3 rings (SSSR count). The minimum absolute atomic E-state index is 0.0381. The van der Waals surface area contributed by atoms with Crippen LogP contribution in [0, 0.1) is 0 Å². The van der Waals surface area contributed by atoms with E-state index in [9.17, 15) is 9.59 Å². The molecule has 1 N–H and O–H groups in total. The van der Waals surface area contributed by atoms with Crippen LogP contribution in [-0.4, -0.2) is 18.4 Å². The van der Waals surface area contributed by atoms with Crippen molar-refractivity contribution in [2.45, 2.75) is 33.1 Å². The SMILES string of the molecule is CC(=O)N1CCc2cc(C(=O)Nc3ccc(C(C)C)cc3)ccc21. The lowest BCUT2D eigenvalue weighted by Gasteiger charge is -2.15. The summed E-state index contributed by atoms with van der Waals surface area (Å²) in [5.74, 6) is 0.378. The Hall–Kier alpha value is -2.62. The number of nitrogens with one attached hydrogen (secondary N) is 1. The summed E-state index contributed by atoms with van der Waals surface area (Å²) in [6, 6.07) is 13.5. The maximum Gasteiger partial charge on any atom is 0.255 e. The average molecular weight is 322 g/mol. The summed E-state index contributed by atoms with van der Waals surface area (Å²) in [6.45, 7) is 6.54. The molecule has 1 heterocycles. The predicted molar refractivity (Wildman–Crippen MR) is 96.7 cm³/mol. The lowest BCUT2D eigenvalue weighted by atomic mass is 10.0. The van der Waals surface area contributed by atoms with Gasteiger partial charge in [-0.1, -0.05) is 26.0 Å². The molecule has 2 aromatic carbocycles. The van der Waals surface area contributed by atoms with E-state index in [-0.39, 0.29) is 11.8 Å². The van der Waals surface area contributed by atoms with Crippen molar-refractivity contribution in [1.82, 2.24) is 0 Å². The van der Waals surface area contributed by atoms with Gasteiger partial charge in [-0.2, -0.15) is 0 Å². The largest absolute Gasteiger partial charge is 0.322 e. The van der Waals surface area contributed by atoms with Crippen LogP contribution in [0.15, 0.2) is 42.5 Å². The Labute approximate surface area is 142 Å². The first-order chi connectivity index (χ1) is 11.5. The molecule has 1 aliphatic heterocycles. The van der Waals surface area contributed by atoms with Crippen LogP contribution in [0.25, 0.3) is 0 Å². The number of fused-ring (bicyclic) bond motifs is 1. The number of rotatable bonds is 3. The molecule has 0 aliphatic carbocycles. The topological polar surface area (TPSA) is 49.4 Å². The van der Waals surface area contributed by atoms with Crippen LogP contribution in [0.1, 0.15) is 48.2 Å². The number of carbonyl (C=O) groups excluding carboxylic acids is 2. The quantitative estimate of drug-likeness (QED) is 0.929. The Bertz CT molecular complexity index is 779. The average Bonchev–Trinajstić information content (AvgIpc) is 2.98. The first kappa shape index (κ1) is 16.2. The van der Waals surface area contributed by atoms with Gasteiger partial charge in [0.15, 0.2) is 0 Å². The van der Waals surface area contributed by atoms with Crippen molar-refractivity contribution in [2.24, 2.45) is 0 Å². The summed E-state index contributed by atoms with van der Waals surface area (Å²) in [4.78, 5) is 25.8. The van der Waals surface area contributed by atoms with Crippen molar-refractivity contribution in [3.63, 3.8) is 0 Å². The molecule has 0 saturated carbocycles. The van der Waals surface area contributed by atoms with Crippen molar-refractivity contribution in [3.05, 3.63) is 59.2 Å². The first-order valence-electron chi connectivity index (χ1n) is 8.28. The number of hydrogen-bond donors (Lipinski definition) is 1. The van der Waals surface area contributed by atoms with Gasteiger partial charge in [0.25, 0.3) is 5.91 Å². The van der Waals surface area contributed by atoms with Gasteiger partial charge in [-0.3, -0.25) is 9.59 Å². The highest BCUT2D eigenvalue weighted by Crippen LogP contribution is 2.29. The zero-order valence-electron chi connectivity index (χ0n) is 14.3. The molecule has 124 valence electrons. The summed E-state index contributed by atoms with van der Waals surface area (Å²) < 4.78 is 0. The van der Waals surface area contributed by atoms with Crippen LogP contribution >= 0.6 is 0 Å². The Morgan fingerprint density at radius 3 is 2.42 bits per heavy atom. The van der Waals surface area contributed by atoms with E-state index in [1.807, 2.05) is 36.4 Å². The van der Waals surface area contributed by atoms with Crippen LogP contribution in [0.2, 0.25) is 0 Å². The highest BCUT2D eigenvalue weighted by Gasteiger charge is 2.23. The first-order valence-corrected chi connectivity index (χ1v) is 8.28. The smallest absolute Gasteiger partial charge is 0.255 e. The van der Waals surface area contributed by atoms with Gasteiger partial charge in [0.1, 0.15) is 0 Å². The Kier molecular flexibility index (Phi) is 4.38. The molecular weight excluding hydrogens is 300 g/mol. The zero-order chi connectivity index (χ0) is 17.3. The molecule has 0 saturated heterocycles. The molecule has 2 aromatic rings. The number of amides is 2. The van der Waals surface area contributed by atoms with Crippen LogP contribution in [0.5, 0.6) is 0 Å². The Morgan fingerprint density at radius 2 is 1.79 bits per heavy atom. The standard InChI is InChI=1S/C20H22N2O2/c1-13(2)15-4-7-18(8-5-15)21-20(24)17-6-9-19-16(12-17)10-11-22(19)14(3)23/h4-9,12-13H,10-11H2,1-3H3,(H,21,24). The number of hydrogen-bond acceptors (Lipinski definition) is 2. The summed E-state index contributed by atoms with van der Waals surface area (Å²) in [5, 5.41) is 2.93. The second-order valence-electron chi connectivity index (χ2n) is 6.49. The third kappa shape index (κ3) is 3.18. The summed E-state index contributed by atoms with van der Waals surface area (Å²) >= 11 is 0. The second kappa shape index (κ2) is 6.48.